The third-order valence-electron chi connectivity index (χ3n) is 4.12. The van der Waals surface area contributed by atoms with Crippen LogP contribution < -0.4 is 0 Å². The first-order valence-electron chi connectivity index (χ1n) is 9.41. The summed E-state index contributed by atoms with van der Waals surface area (Å²) in [4.78, 5) is 4.24. The van der Waals surface area contributed by atoms with E-state index in [9.17, 15) is 0 Å². The molecule has 0 saturated heterocycles. The summed E-state index contributed by atoms with van der Waals surface area (Å²) in [5, 5.41) is 1.33. The van der Waals surface area contributed by atoms with Gasteiger partial charge in [-0.2, -0.15) is 4.37 Å². The Hall–Kier alpha value is -2.20. The zero-order valence-corrected chi connectivity index (χ0v) is 18.9. The van der Waals surface area contributed by atoms with E-state index in [1.54, 1.807) is 17.9 Å². The third kappa shape index (κ3) is 5.39. The first-order valence-corrected chi connectivity index (χ1v) is 10.2. The van der Waals surface area contributed by atoms with E-state index in [1.807, 2.05) is 45.5 Å². The molecule has 0 radical (unpaired) electrons. The monoisotopic (exact) mass is 383 g/mol. The normalized spacial score (nSPS) is 10.1. The predicted molar refractivity (Wildman–Crippen MR) is 122 cm³/mol. The van der Waals surface area contributed by atoms with Crippen LogP contribution in [0.25, 0.3) is 21.2 Å². The number of nitrogens with zero attached hydrogens (tertiary/aromatic N) is 3. The van der Waals surface area contributed by atoms with Gasteiger partial charge in [-0.1, -0.05) is 53.0 Å². The highest BCUT2D eigenvalue weighted by atomic mass is 32.1. The molecular formula is C23H33N3S. The van der Waals surface area contributed by atoms with E-state index in [1.165, 1.54) is 21.2 Å². The summed E-state index contributed by atoms with van der Waals surface area (Å²) >= 11 is 1.60. The lowest BCUT2D eigenvalue weighted by atomic mass is 9.98. The number of fused-ring (bicyclic) bond motifs is 1. The molecular weight excluding hydrogens is 350 g/mol. The molecule has 0 fully saturated rings. The number of hydrogen-bond donors (Lipinski definition) is 0. The summed E-state index contributed by atoms with van der Waals surface area (Å²) in [5.74, 6) is 0.583. The number of rotatable bonds is 3. The van der Waals surface area contributed by atoms with Gasteiger partial charge in [-0.05, 0) is 60.5 Å². The Morgan fingerprint density at radius 3 is 2.22 bits per heavy atom. The highest BCUT2D eigenvalue weighted by Gasteiger charge is 2.09. The molecule has 0 aliphatic rings. The smallest absolute Gasteiger partial charge is 0.0955 e. The van der Waals surface area contributed by atoms with Crippen LogP contribution in [0.3, 0.4) is 0 Å². The molecule has 1 aromatic carbocycles. The molecule has 0 spiro atoms. The van der Waals surface area contributed by atoms with Crippen LogP contribution in [0.5, 0.6) is 0 Å². The van der Waals surface area contributed by atoms with Gasteiger partial charge in [0.2, 0.25) is 0 Å². The number of hydrogen-bond acceptors (Lipinski definition) is 3. The van der Waals surface area contributed by atoms with E-state index in [0.29, 0.717) is 5.92 Å². The van der Waals surface area contributed by atoms with E-state index >= 15 is 0 Å². The molecule has 146 valence electrons. The Morgan fingerprint density at radius 1 is 1.11 bits per heavy atom. The topological polar surface area (TPSA) is 30.7 Å². The molecule has 3 aromatic rings. The minimum atomic E-state index is 0.583. The number of allylic oxidation sites excluding steroid dienone is 2. The summed E-state index contributed by atoms with van der Waals surface area (Å²) in [6.45, 7) is 22.3. The van der Waals surface area contributed by atoms with Crippen molar-refractivity contribution in [1.29, 1.82) is 0 Å². The first kappa shape index (κ1) is 22.8. The lowest BCUT2D eigenvalue weighted by molar-refractivity contribution is 0.876. The van der Waals surface area contributed by atoms with E-state index in [2.05, 4.69) is 55.4 Å². The molecule has 0 saturated carbocycles. The van der Waals surface area contributed by atoms with E-state index in [0.717, 1.165) is 22.5 Å². The van der Waals surface area contributed by atoms with Crippen LogP contribution in [0.15, 0.2) is 37.8 Å². The molecule has 0 amide bonds. The van der Waals surface area contributed by atoms with Gasteiger partial charge in [0.05, 0.1) is 22.4 Å². The molecule has 0 bridgehead atoms. The fraction of sp³-hybridized carbons (Fsp3) is 0.391. The third-order valence-corrected chi connectivity index (χ3v) is 5.06. The fourth-order valence-corrected chi connectivity index (χ4v) is 3.60. The molecule has 27 heavy (non-hydrogen) atoms. The van der Waals surface area contributed by atoms with Crippen molar-refractivity contribution < 1.29 is 0 Å². The Balaban J connectivity index is 0.000000248. The zero-order chi connectivity index (χ0) is 20.7. The molecule has 2 aromatic heterocycles. The summed E-state index contributed by atoms with van der Waals surface area (Å²) in [7, 11) is 1.96. The van der Waals surface area contributed by atoms with Crippen LogP contribution in [-0.4, -0.2) is 13.9 Å². The van der Waals surface area contributed by atoms with Crippen molar-refractivity contribution in [1.82, 2.24) is 13.9 Å². The molecule has 0 aliphatic carbocycles. The number of benzene rings is 1. The van der Waals surface area contributed by atoms with Crippen LogP contribution in [0.1, 0.15) is 70.0 Å². The zero-order valence-electron chi connectivity index (χ0n) is 18.1. The molecule has 0 atom stereocenters. The number of aromatic nitrogens is 3. The summed E-state index contributed by atoms with van der Waals surface area (Å²) in [6.07, 6.45) is 3.77. The highest BCUT2D eigenvalue weighted by Crippen LogP contribution is 2.29. The van der Waals surface area contributed by atoms with Gasteiger partial charge in [-0.3, -0.25) is 0 Å². The predicted octanol–water partition coefficient (Wildman–Crippen LogP) is 7.24. The van der Waals surface area contributed by atoms with Gasteiger partial charge in [0.15, 0.2) is 0 Å². The average molecular weight is 384 g/mol. The standard InChI is InChI=1S/C11H13NS.C10H14N2.C2H6/c1-7(2)9-5-4-8(3)11-10(9)6-12-13-11;1-7(2)9-10(8(3)4)12(5)6-11-9;1-2/h4-7H,1-3H3;6H,1,3H2,2,4-5H3;1-2H3. The van der Waals surface area contributed by atoms with Crippen LogP contribution in [0.4, 0.5) is 0 Å². The van der Waals surface area contributed by atoms with Crippen molar-refractivity contribution in [3.8, 4) is 0 Å². The summed E-state index contributed by atoms with van der Waals surface area (Å²) < 4.78 is 7.55. The van der Waals surface area contributed by atoms with Gasteiger partial charge in [0.25, 0.3) is 0 Å². The highest BCUT2D eigenvalue weighted by molar-refractivity contribution is 7.13. The quantitative estimate of drug-likeness (QED) is 0.477. The SMILES string of the molecule is C=C(C)c1ncn(C)c1C(=C)C.CC.Cc1ccc(C(C)C)c2cnsc12. The number of aryl methyl sites for hydroxylation is 2. The molecule has 3 rings (SSSR count). The van der Waals surface area contributed by atoms with Crippen molar-refractivity contribution in [2.75, 3.05) is 0 Å². The van der Waals surface area contributed by atoms with Gasteiger partial charge >= 0.3 is 0 Å². The lowest BCUT2D eigenvalue weighted by Crippen LogP contribution is -1.94. The molecule has 0 N–H and O–H groups in total. The summed E-state index contributed by atoms with van der Waals surface area (Å²) in [6, 6.07) is 4.41. The molecule has 4 heteroatoms. The van der Waals surface area contributed by atoms with Crippen LogP contribution in [0, 0.1) is 6.92 Å². The Bertz CT molecular complexity index is 913. The second-order valence-electron chi connectivity index (χ2n) is 6.81. The van der Waals surface area contributed by atoms with Crippen molar-refractivity contribution in [3.05, 3.63) is 60.3 Å². The number of imidazole rings is 1. The maximum atomic E-state index is 4.25. The molecule has 3 nitrogen and oxygen atoms in total. The molecule has 0 unspecified atom stereocenters. The minimum absolute atomic E-state index is 0.583. The second-order valence-corrected chi connectivity index (χ2v) is 7.61. The molecule has 0 aliphatic heterocycles. The Labute approximate surface area is 168 Å². The van der Waals surface area contributed by atoms with Gasteiger partial charge in [0, 0.05) is 18.6 Å². The average Bonchev–Trinajstić information content (AvgIpc) is 3.24. The van der Waals surface area contributed by atoms with Gasteiger partial charge in [0.1, 0.15) is 0 Å². The van der Waals surface area contributed by atoms with E-state index in [-0.39, 0.29) is 0 Å². The van der Waals surface area contributed by atoms with Crippen LogP contribution >= 0.6 is 11.5 Å². The fourth-order valence-electron chi connectivity index (χ4n) is 2.86. The largest absolute Gasteiger partial charge is 0.334 e. The maximum Gasteiger partial charge on any atom is 0.0955 e. The van der Waals surface area contributed by atoms with Crippen LogP contribution in [0.2, 0.25) is 0 Å². The Kier molecular flexibility index (Phi) is 8.64. The van der Waals surface area contributed by atoms with Crippen molar-refractivity contribution in [2.45, 2.75) is 54.4 Å². The Morgan fingerprint density at radius 2 is 1.74 bits per heavy atom. The van der Waals surface area contributed by atoms with Crippen LogP contribution in [-0.2, 0) is 7.05 Å². The second kappa shape index (κ2) is 10.2. The first-order chi connectivity index (χ1) is 12.7. The van der Waals surface area contributed by atoms with Crippen molar-refractivity contribution >= 4 is 32.8 Å². The van der Waals surface area contributed by atoms with E-state index < -0.39 is 0 Å². The van der Waals surface area contributed by atoms with Crippen molar-refractivity contribution in [3.63, 3.8) is 0 Å². The summed E-state index contributed by atoms with van der Waals surface area (Å²) in [5.41, 5.74) is 6.77. The maximum absolute atomic E-state index is 4.25. The van der Waals surface area contributed by atoms with E-state index in [4.69, 9.17) is 0 Å². The molecule has 2 heterocycles. The van der Waals surface area contributed by atoms with Gasteiger partial charge in [-0.15, -0.1) is 0 Å². The van der Waals surface area contributed by atoms with Gasteiger partial charge in [-0.25, -0.2) is 4.98 Å². The van der Waals surface area contributed by atoms with Gasteiger partial charge < -0.3 is 4.57 Å². The lowest BCUT2D eigenvalue weighted by Gasteiger charge is -2.07. The minimum Gasteiger partial charge on any atom is -0.334 e. The van der Waals surface area contributed by atoms with Crippen molar-refractivity contribution in [2.24, 2.45) is 7.05 Å².